The SMILES string of the molecule is O=C(NOCC(F)(F)F)c1cccc(OC(F)F)c1. The smallest absolute Gasteiger partial charge is 0.414 e. The van der Waals surface area contributed by atoms with Crippen molar-refractivity contribution in [1.82, 2.24) is 5.48 Å². The Morgan fingerprint density at radius 1 is 1.32 bits per heavy atom. The summed E-state index contributed by atoms with van der Waals surface area (Å²) in [7, 11) is 0. The van der Waals surface area contributed by atoms with E-state index >= 15 is 0 Å². The average Bonchev–Trinajstić information content (AvgIpc) is 2.26. The largest absolute Gasteiger partial charge is 0.435 e. The second-order valence-electron chi connectivity index (χ2n) is 3.24. The molecule has 0 saturated heterocycles. The summed E-state index contributed by atoms with van der Waals surface area (Å²) in [6, 6.07) is 4.54. The van der Waals surface area contributed by atoms with Gasteiger partial charge in [0.15, 0.2) is 6.61 Å². The third-order valence-corrected chi connectivity index (χ3v) is 1.72. The number of hydrogen-bond acceptors (Lipinski definition) is 3. The molecule has 0 heterocycles. The molecule has 1 N–H and O–H groups in total. The molecule has 19 heavy (non-hydrogen) atoms. The van der Waals surface area contributed by atoms with E-state index in [0.29, 0.717) is 0 Å². The van der Waals surface area contributed by atoms with Gasteiger partial charge in [-0.15, -0.1) is 0 Å². The molecule has 0 bridgehead atoms. The Morgan fingerprint density at radius 2 is 2.00 bits per heavy atom. The van der Waals surface area contributed by atoms with Crippen LogP contribution in [-0.2, 0) is 4.84 Å². The van der Waals surface area contributed by atoms with E-state index in [0.717, 1.165) is 6.07 Å². The number of carbonyl (C=O) groups is 1. The van der Waals surface area contributed by atoms with Gasteiger partial charge in [-0.25, -0.2) is 5.48 Å². The predicted molar refractivity (Wildman–Crippen MR) is 52.5 cm³/mol. The first kappa shape index (κ1) is 15.2. The van der Waals surface area contributed by atoms with Crippen LogP contribution in [0.5, 0.6) is 5.75 Å². The summed E-state index contributed by atoms with van der Waals surface area (Å²) >= 11 is 0. The van der Waals surface area contributed by atoms with Crippen LogP contribution >= 0.6 is 0 Å². The maximum Gasteiger partial charge on any atom is 0.414 e. The molecule has 1 aromatic rings. The molecule has 0 aromatic heterocycles. The van der Waals surface area contributed by atoms with Crippen LogP contribution in [0, 0.1) is 0 Å². The average molecular weight is 285 g/mol. The van der Waals surface area contributed by atoms with E-state index in [2.05, 4.69) is 9.57 Å². The van der Waals surface area contributed by atoms with Crippen LogP contribution in [0.15, 0.2) is 24.3 Å². The number of halogens is 5. The Morgan fingerprint density at radius 3 is 2.58 bits per heavy atom. The van der Waals surface area contributed by atoms with Crippen LogP contribution in [-0.4, -0.2) is 25.3 Å². The fourth-order valence-corrected chi connectivity index (χ4v) is 1.06. The number of nitrogens with one attached hydrogen (secondary N) is 1. The van der Waals surface area contributed by atoms with E-state index in [1.807, 2.05) is 0 Å². The van der Waals surface area contributed by atoms with Crippen molar-refractivity contribution in [3.8, 4) is 5.75 Å². The van der Waals surface area contributed by atoms with Gasteiger partial charge in [-0.05, 0) is 18.2 Å². The summed E-state index contributed by atoms with van der Waals surface area (Å²) in [4.78, 5) is 15.2. The highest BCUT2D eigenvalue weighted by Crippen LogP contribution is 2.16. The van der Waals surface area contributed by atoms with Crippen molar-refractivity contribution in [3.63, 3.8) is 0 Å². The van der Waals surface area contributed by atoms with Gasteiger partial charge in [0.25, 0.3) is 5.91 Å². The normalized spacial score (nSPS) is 11.5. The number of alkyl halides is 5. The van der Waals surface area contributed by atoms with Gasteiger partial charge in [0, 0.05) is 5.56 Å². The third kappa shape index (κ3) is 6.00. The minimum absolute atomic E-state index is 0.180. The minimum Gasteiger partial charge on any atom is -0.435 e. The molecular weight excluding hydrogens is 277 g/mol. The van der Waals surface area contributed by atoms with Crippen molar-refractivity contribution in [1.29, 1.82) is 0 Å². The molecule has 1 aromatic carbocycles. The molecule has 0 aliphatic carbocycles. The molecule has 9 heteroatoms. The Labute approximate surface area is 104 Å². The Bertz CT molecular complexity index is 435. The van der Waals surface area contributed by atoms with Crippen molar-refractivity contribution >= 4 is 5.91 Å². The fraction of sp³-hybridized carbons (Fsp3) is 0.300. The summed E-state index contributed by atoms with van der Waals surface area (Å²) in [5, 5.41) is 0. The highest BCUT2D eigenvalue weighted by Gasteiger charge is 2.28. The van der Waals surface area contributed by atoms with Crippen LogP contribution in [0.1, 0.15) is 10.4 Å². The topological polar surface area (TPSA) is 47.6 Å². The molecule has 0 aliphatic rings. The molecule has 0 saturated carbocycles. The summed E-state index contributed by atoms with van der Waals surface area (Å²) in [5.74, 6) is -1.30. The van der Waals surface area contributed by atoms with Crippen LogP contribution in [0.25, 0.3) is 0 Å². The maximum absolute atomic E-state index is 11.9. The van der Waals surface area contributed by atoms with E-state index in [4.69, 9.17) is 0 Å². The number of hydroxylamine groups is 1. The van der Waals surface area contributed by atoms with E-state index in [1.165, 1.54) is 23.7 Å². The molecule has 4 nitrogen and oxygen atoms in total. The Hall–Kier alpha value is -1.90. The fourth-order valence-electron chi connectivity index (χ4n) is 1.06. The molecule has 0 aliphatic heterocycles. The first-order valence-electron chi connectivity index (χ1n) is 4.82. The minimum atomic E-state index is -4.59. The maximum atomic E-state index is 11.9. The summed E-state index contributed by atoms with van der Waals surface area (Å²) < 4.78 is 63.1. The molecule has 0 unspecified atom stereocenters. The second kappa shape index (κ2) is 6.32. The van der Waals surface area contributed by atoms with E-state index < -0.39 is 25.3 Å². The van der Waals surface area contributed by atoms with Gasteiger partial charge in [-0.3, -0.25) is 9.63 Å². The van der Waals surface area contributed by atoms with Crippen LogP contribution < -0.4 is 10.2 Å². The Kier molecular flexibility index (Phi) is 5.04. The molecule has 106 valence electrons. The lowest BCUT2D eigenvalue weighted by Crippen LogP contribution is -2.29. The molecule has 0 radical (unpaired) electrons. The van der Waals surface area contributed by atoms with Crippen molar-refractivity contribution in [2.75, 3.05) is 6.61 Å². The van der Waals surface area contributed by atoms with Gasteiger partial charge in [0.05, 0.1) is 0 Å². The van der Waals surface area contributed by atoms with Crippen molar-refractivity contribution in [3.05, 3.63) is 29.8 Å². The molecule has 0 atom stereocenters. The van der Waals surface area contributed by atoms with Crippen molar-refractivity contribution in [2.45, 2.75) is 12.8 Å². The van der Waals surface area contributed by atoms with Gasteiger partial charge in [-0.2, -0.15) is 22.0 Å². The highest BCUT2D eigenvalue weighted by molar-refractivity contribution is 5.93. The molecule has 0 spiro atoms. The van der Waals surface area contributed by atoms with Crippen LogP contribution in [0.2, 0.25) is 0 Å². The summed E-state index contributed by atoms with van der Waals surface area (Å²) in [5.41, 5.74) is 1.35. The zero-order valence-corrected chi connectivity index (χ0v) is 9.21. The number of amides is 1. The van der Waals surface area contributed by atoms with Gasteiger partial charge in [0.1, 0.15) is 5.75 Å². The number of hydrogen-bond donors (Lipinski definition) is 1. The number of carbonyl (C=O) groups excluding carboxylic acids is 1. The van der Waals surface area contributed by atoms with E-state index in [-0.39, 0.29) is 11.3 Å². The third-order valence-electron chi connectivity index (χ3n) is 1.72. The first-order valence-corrected chi connectivity index (χ1v) is 4.82. The van der Waals surface area contributed by atoms with E-state index in [1.54, 1.807) is 0 Å². The zero-order chi connectivity index (χ0) is 14.5. The summed E-state index contributed by atoms with van der Waals surface area (Å²) in [6.45, 7) is -4.73. The van der Waals surface area contributed by atoms with Gasteiger partial charge >= 0.3 is 12.8 Å². The molecule has 0 fully saturated rings. The quantitative estimate of drug-likeness (QED) is 0.668. The lowest BCUT2D eigenvalue weighted by atomic mass is 10.2. The Balaban J connectivity index is 2.57. The highest BCUT2D eigenvalue weighted by atomic mass is 19.4. The number of ether oxygens (including phenoxy) is 1. The predicted octanol–water partition coefficient (Wildman–Crippen LogP) is 2.51. The van der Waals surface area contributed by atoms with Crippen molar-refractivity contribution < 1.29 is 36.3 Å². The molecule has 1 rings (SSSR count). The lowest BCUT2D eigenvalue weighted by molar-refractivity contribution is -0.184. The second-order valence-corrected chi connectivity index (χ2v) is 3.24. The number of rotatable bonds is 5. The zero-order valence-electron chi connectivity index (χ0n) is 9.21. The van der Waals surface area contributed by atoms with Crippen LogP contribution in [0.3, 0.4) is 0 Å². The van der Waals surface area contributed by atoms with Gasteiger partial charge in [-0.1, -0.05) is 6.07 Å². The van der Waals surface area contributed by atoms with Gasteiger partial charge in [0.2, 0.25) is 0 Å². The van der Waals surface area contributed by atoms with Crippen molar-refractivity contribution in [2.24, 2.45) is 0 Å². The van der Waals surface area contributed by atoms with Gasteiger partial charge < -0.3 is 4.74 Å². The molecule has 1 amide bonds. The van der Waals surface area contributed by atoms with Crippen LogP contribution in [0.4, 0.5) is 22.0 Å². The first-order chi connectivity index (χ1) is 8.78. The monoisotopic (exact) mass is 285 g/mol. The summed E-state index contributed by atoms with van der Waals surface area (Å²) in [6.07, 6.45) is -4.59. The molecular formula is C10H8F5NO3. The number of benzene rings is 1. The standard InChI is InChI=1S/C10H8F5NO3/c11-9(12)19-7-3-1-2-6(4-7)8(17)16-18-5-10(13,14)15/h1-4,9H,5H2,(H,16,17). The van der Waals surface area contributed by atoms with E-state index in [9.17, 15) is 26.7 Å². The lowest BCUT2D eigenvalue weighted by Gasteiger charge is -2.09.